The molecule has 3 N–H and O–H groups in total. The predicted octanol–water partition coefficient (Wildman–Crippen LogP) is 2.69. The lowest BCUT2D eigenvalue weighted by Gasteiger charge is -2.49. The lowest BCUT2D eigenvalue weighted by atomic mass is 9.71. The third kappa shape index (κ3) is 2.89. The molecular formula is C17H28N2O2. The average molecular weight is 292 g/mol. The zero-order valence-corrected chi connectivity index (χ0v) is 13.0. The average Bonchev–Trinajstić information content (AvgIpc) is 3.01. The molecule has 0 amide bonds. The second-order valence-electron chi connectivity index (χ2n) is 6.82. The predicted molar refractivity (Wildman–Crippen MR) is 82.8 cm³/mol. The highest BCUT2D eigenvalue weighted by atomic mass is 16.3. The van der Waals surface area contributed by atoms with Gasteiger partial charge in [0.15, 0.2) is 0 Å². The Morgan fingerprint density at radius 2 is 2.33 bits per heavy atom. The molecule has 0 radical (unpaired) electrons. The summed E-state index contributed by atoms with van der Waals surface area (Å²) >= 11 is 0. The molecule has 4 heteroatoms. The van der Waals surface area contributed by atoms with Gasteiger partial charge in [0.25, 0.3) is 0 Å². The summed E-state index contributed by atoms with van der Waals surface area (Å²) in [5.41, 5.74) is 5.94. The van der Waals surface area contributed by atoms with Crippen molar-refractivity contribution in [1.29, 1.82) is 0 Å². The maximum Gasteiger partial charge on any atom is 0.122 e. The van der Waals surface area contributed by atoms with Crippen LogP contribution >= 0.6 is 0 Å². The molecule has 1 aliphatic carbocycles. The fraction of sp³-hybridized carbons (Fsp3) is 0.765. The summed E-state index contributed by atoms with van der Waals surface area (Å²) < 4.78 is 5.65. The van der Waals surface area contributed by atoms with Crippen LogP contribution in [0.15, 0.2) is 22.8 Å². The number of rotatable bonds is 4. The maximum absolute atomic E-state index is 10.8. The quantitative estimate of drug-likeness (QED) is 0.895. The van der Waals surface area contributed by atoms with Gasteiger partial charge in [-0.2, -0.15) is 0 Å². The van der Waals surface area contributed by atoms with Crippen molar-refractivity contribution in [2.24, 2.45) is 11.7 Å². The molecule has 1 aromatic rings. The molecule has 1 aromatic heterocycles. The second-order valence-corrected chi connectivity index (χ2v) is 6.82. The molecule has 21 heavy (non-hydrogen) atoms. The standard InChI is InChI=1S/C17H28N2O2/c1-2-14(18)16(15-7-5-11-21-15)19-10-9-17(20)8-4-3-6-13(17)12-19/h5,7,11,13-14,16,20H,2-4,6,8-10,12,18H2,1H3. The molecule has 118 valence electrons. The highest BCUT2D eigenvalue weighted by Crippen LogP contribution is 2.42. The van der Waals surface area contributed by atoms with Crippen molar-refractivity contribution in [3.05, 3.63) is 24.2 Å². The van der Waals surface area contributed by atoms with Gasteiger partial charge in [0.2, 0.25) is 0 Å². The van der Waals surface area contributed by atoms with Gasteiger partial charge < -0.3 is 15.3 Å². The molecule has 1 saturated carbocycles. The zero-order valence-electron chi connectivity index (χ0n) is 13.0. The third-order valence-electron chi connectivity index (χ3n) is 5.56. The number of nitrogens with zero attached hydrogens (tertiary/aromatic N) is 1. The Morgan fingerprint density at radius 1 is 1.48 bits per heavy atom. The van der Waals surface area contributed by atoms with Crippen LogP contribution in [0.25, 0.3) is 0 Å². The molecule has 1 aliphatic heterocycles. The first kappa shape index (κ1) is 15.1. The van der Waals surface area contributed by atoms with Crippen LogP contribution in [0.3, 0.4) is 0 Å². The molecule has 2 heterocycles. The van der Waals surface area contributed by atoms with Gasteiger partial charge in [-0.1, -0.05) is 19.8 Å². The third-order valence-corrected chi connectivity index (χ3v) is 5.56. The molecule has 0 spiro atoms. The second kappa shape index (κ2) is 6.11. The highest BCUT2D eigenvalue weighted by molar-refractivity contribution is 5.09. The normalized spacial score (nSPS) is 33.4. The van der Waals surface area contributed by atoms with Gasteiger partial charge in [-0.15, -0.1) is 0 Å². The number of fused-ring (bicyclic) bond motifs is 1. The van der Waals surface area contributed by atoms with E-state index in [1.54, 1.807) is 6.26 Å². The molecule has 2 aliphatic rings. The Kier molecular flexibility index (Phi) is 4.38. The van der Waals surface area contributed by atoms with Crippen LogP contribution in [0.5, 0.6) is 0 Å². The number of piperidine rings is 1. The summed E-state index contributed by atoms with van der Waals surface area (Å²) in [5.74, 6) is 1.35. The van der Waals surface area contributed by atoms with Crippen LogP contribution in [0.2, 0.25) is 0 Å². The van der Waals surface area contributed by atoms with Crippen molar-refractivity contribution in [2.75, 3.05) is 13.1 Å². The van der Waals surface area contributed by atoms with E-state index in [1.165, 1.54) is 12.8 Å². The van der Waals surface area contributed by atoms with Crippen LogP contribution in [0, 0.1) is 5.92 Å². The van der Waals surface area contributed by atoms with Gasteiger partial charge in [0.05, 0.1) is 17.9 Å². The largest absolute Gasteiger partial charge is 0.468 e. The summed E-state index contributed by atoms with van der Waals surface area (Å²) in [6.45, 7) is 3.98. The maximum atomic E-state index is 10.8. The van der Waals surface area contributed by atoms with Crippen LogP contribution in [-0.4, -0.2) is 34.7 Å². The minimum atomic E-state index is -0.432. The van der Waals surface area contributed by atoms with Gasteiger partial charge in [0.1, 0.15) is 5.76 Å². The van der Waals surface area contributed by atoms with E-state index in [-0.39, 0.29) is 12.1 Å². The van der Waals surface area contributed by atoms with Crippen LogP contribution in [0.4, 0.5) is 0 Å². The molecule has 2 fully saturated rings. The number of hydrogen-bond donors (Lipinski definition) is 2. The molecular weight excluding hydrogens is 264 g/mol. The lowest BCUT2D eigenvalue weighted by Crippen LogP contribution is -2.55. The highest BCUT2D eigenvalue weighted by Gasteiger charge is 2.45. The fourth-order valence-electron chi connectivity index (χ4n) is 4.19. The smallest absolute Gasteiger partial charge is 0.122 e. The fourth-order valence-corrected chi connectivity index (χ4v) is 4.19. The van der Waals surface area contributed by atoms with Crippen LogP contribution < -0.4 is 5.73 Å². The molecule has 4 unspecified atom stereocenters. The minimum Gasteiger partial charge on any atom is -0.468 e. The van der Waals surface area contributed by atoms with Crippen LogP contribution in [0.1, 0.15) is 57.3 Å². The van der Waals surface area contributed by atoms with Gasteiger partial charge >= 0.3 is 0 Å². The summed E-state index contributed by atoms with van der Waals surface area (Å²) in [7, 11) is 0. The Balaban J connectivity index is 1.78. The van der Waals surface area contributed by atoms with Gasteiger partial charge in [0, 0.05) is 25.0 Å². The van der Waals surface area contributed by atoms with E-state index in [1.807, 2.05) is 12.1 Å². The monoisotopic (exact) mass is 292 g/mol. The van der Waals surface area contributed by atoms with Crippen molar-refractivity contribution in [3.8, 4) is 0 Å². The number of hydrogen-bond acceptors (Lipinski definition) is 4. The van der Waals surface area contributed by atoms with E-state index in [0.717, 1.165) is 44.5 Å². The van der Waals surface area contributed by atoms with E-state index < -0.39 is 5.60 Å². The summed E-state index contributed by atoms with van der Waals surface area (Å²) in [5, 5.41) is 10.8. The summed E-state index contributed by atoms with van der Waals surface area (Å²) in [6.07, 6.45) is 8.04. The Bertz CT molecular complexity index is 448. The van der Waals surface area contributed by atoms with Crippen molar-refractivity contribution in [3.63, 3.8) is 0 Å². The number of nitrogens with two attached hydrogens (primary N) is 1. The van der Waals surface area contributed by atoms with Crippen molar-refractivity contribution in [1.82, 2.24) is 4.90 Å². The molecule has 3 rings (SSSR count). The van der Waals surface area contributed by atoms with Gasteiger partial charge in [-0.05, 0) is 37.8 Å². The first-order chi connectivity index (χ1) is 10.1. The summed E-state index contributed by atoms with van der Waals surface area (Å²) in [4.78, 5) is 2.44. The number of aliphatic hydroxyl groups is 1. The first-order valence-electron chi connectivity index (χ1n) is 8.39. The Morgan fingerprint density at radius 3 is 3.05 bits per heavy atom. The van der Waals surface area contributed by atoms with Crippen LogP contribution in [-0.2, 0) is 0 Å². The van der Waals surface area contributed by atoms with E-state index in [9.17, 15) is 5.11 Å². The number of likely N-dealkylation sites (tertiary alicyclic amines) is 1. The van der Waals surface area contributed by atoms with E-state index in [2.05, 4.69) is 11.8 Å². The topological polar surface area (TPSA) is 62.6 Å². The van der Waals surface area contributed by atoms with Gasteiger partial charge in [-0.3, -0.25) is 4.90 Å². The molecule has 4 nitrogen and oxygen atoms in total. The van der Waals surface area contributed by atoms with E-state index >= 15 is 0 Å². The molecule has 1 saturated heterocycles. The van der Waals surface area contributed by atoms with E-state index in [0.29, 0.717) is 5.92 Å². The van der Waals surface area contributed by atoms with Crippen molar-refractivity contribution >= 4 is 0 Å². The summed E-state index contributed by atoms with van der Waals surface area (Å²) in [6, 6.07) is 4.18. The first-order valence-corrected chi connectivity index (χ1v) is 8.39. The van der Waals surface area contributed by atoms with Crippen molar-refractivity contribution < 1.29 is 9.52 Å². The molecule has 4 atom stereocenters. The zero-order chi connectivity index (χ0) is 14.9. The van der Waals surface area contributed by atoms with E-state index in [4.69, 9.17) is 10.2 Å². The van der Waals surface area contributed by atoms with Crippen molar-refractivity contribution in [2.45, 2.75) is 63.1 Å². The Labute approximate surface area is 127 Å². The lowest BCUT2D eigenvalue weighted by molar-refractivity contribution is -0.106. The number of furan rings is 1. The molecule has 0 aromatic carbocycles. The molecule has 0 bridgehead atoms. The Hall–Kier alpha value is -0.840. The SMILES string of the molecule is CCC(N)C(c1ccco1)N1CCC2(O)CCCCC2C1. The minimum absolute atomic E-state index is 0.0749. The van der Waals surface area contributed by atoms with Gasteiger partial charge in [-0.25, -0.2) is 0 Å².